The van der Waals surface area contributed by atoms with Gasteiger partial charge in [0.15, 0.2) is 0 Å². The van der Waals surface area contributed by atoms with E-state index in [1.807, 2.05) is 0 Å². The second-order valence-corrected chi connectivity index (χ2v) is 5.11. The maximum absolute atomic E-state index is 12.5. The molecule has 0 spiro atoms. The van der Waals surface area contributed by atoms with Crippen LogP contribution in [-0.2, 0) is 0 Å². The number of amides is 1. The van der Waals surface area contributed by atoms with E-state index in [1.54, 1.807) is 31.2 Å². The number of nitrogens with zero attached hydrogens (tertiary/aromatic N) is 1. The fraction of sp³-hybridized carbons (Fsp3) is 0.222. The molecule has 0 atom stereocenters. The van der Waals surface area contributed by atoms with Crippen molar-refractivity contribution in [1.29, 1.82) is 0 Å². The molecule has 0 saturated heterocycles. The summed E-state index contributed by atoms with van der Waals surface area (Å²) in [4.78, 5) is 12.3. The summed E-state index contributed by atoms with van der Waals surface area (Å²) in [6.45, 7) is -1.39. The van der Waals surface area contributed by atoms with Gasteiger partial charge >= 0.3 is 6.61 Å². The number of rotatable bonds is 7. The van der Waals surface area contributed by atoms with Crippen molar-refractivity contribution >= 4 is 11.6 Å². The molecule has 0 bridgehead atoms. The number of carbonyl (C=O) groups is 1. The highest BCUT2D eigenvalue weighted by Crippen LogP contribution is 2.23. The van der Waals surface area contributed by atoms with Crippen LogP contribution in [0.5, 0.6) is 17.2 Å². The topological polar surface area (TPSA) is 69.2 Å². The van der Waals surface area contributed by atoms with Gasteiger partial charge in [0.1, 0.15) is 17.2 Å². The lowest BCUT2D eigenvalue weighted by Crippen LogP contribution is -2.20. The first kappa shape index (κ1) is 19.2. The Kier molecular flexibility index (Phi) is 6.48. The summed E-state index contributed by atoms with van der Waals surface area (Å²) in [5.74, 6) is 0.367. The Morgan fingerprint density at radius 3 is 2.27 bits per heavy atom. The lowest BCUT2D eigenvalue weighted by atomic mass is 10.1. The number of hydrogen-bond donors (Lipinski definition) is 1. The van der Waals surface area contributed by atoms with Gasteiger partial charge in [-0.25, -0.2) is 5.43 Å². The normalized spacial score (nSPS) is 11.2. The van der Waals surface area contributed by atoms with E-state index in [2.05, 4.69) is 15.3 Å². The highest BCUT2D eigenvalue weighted by atomic mass is 19.3. The number of benzene rings is 2. The van der Waals surface area contributed by atoms with Gasteiger partial charge in [0, 0.05) is 17.2 Å². The van der Waals surface area contributed by atoms with Crippen LogP contribution >= 0.6 is 0 Å². The molecule has 0 unspecified atom stereocenters. The molecule has 6 nitrogen and oxygen atoms in total. The number of para-hydroxylation sites is 1. The Hall–Kier alpha value is -3.16. The van der Waals surface area contributed by atoms with Gasteiger partial charge in [0.05, 0.1) is 19.9 Å². The molecule has 138 valence electrons. The maximum atomic E-state index is 12.5. The van der Waals surface area contributed by atoms with Crippen molar-refractivity contribution < 1.29 is 27.8 Å². The first-order valence-corrected chi connectivity index (χ1v) is 7.56. The van der Waals surface area contributed by atoms with Crippen LogP contribution in [0.15, 0.2) is 47.6 Å². The number of carbonyl (C=O) groups excluding carboxylic acids is 1. The van der Waals surface area contributed by atoms with Gasteiger partial charge in [0.25, 0.3) is 5.91 Å². The minimum atomic E-state index is -2.96. The van der Waals surface area contributed by atoms with Gasteiger partial charge < -0.3 is 14.2 Å². The van der Waals surface area contributed by atoms with Crippen molar-refractivity contribution in [3.05, 3.63) is 53.6 Å². The predicted octanol–water partition coefficient (Wildman–Crippen LogP) is 3.46. The zero-order chi connectivity index (χ0) is 19.1. The van der Waals surface area contributed by atoms with Crippen LogP contribution in [0.4, 0.5) is 8.78 Å². The van der Waals surface area contributed by atoms with Crippen molar-refractivity contribution in [2.75, 3.05) is 14.2 Å². The first-order valence-electron chi connectivity index (χ1n) is 7.56. The molecule has 0 aliphatic heterocycles. The average Bonchev–Trinajstić information content (AvgIpc) is 2.65. The summed E-state index contributed by atoms with van der Waals surface area (Å²) in [5.41, 5.74) is 3.30. The standard InChI is InChI=1S/C18H18F2N2O4/c1-11(15-6-4-5-7-16(15)26-18(19)20)21-22-17(23)12-8-13(24-2)10-14(9-12)25-3/h4-10,18H,1-3H3,(H,22,23)/b21-11+. The van der Waals surface area contributed by atoms with E-state index in [1.165, 1.54) is 32.4 Å². The summed E-state index contributed by atoms with van der Waals surface area (Å²) in [6, 6.07) is 10.9. The summed E-state index contributed by atoms with van der Waals surface area (Å²) >= 11 is 0. The minimum Gasteiger partial charge on any atom is -0.497 e. The van der Waals surface area contributed by atoms with Crippen LogP contribution in [-0.4, -0.2) is 32.4 Å². The fourth-order valence-corrected chi connectivity index (χ4v) is 2.16. The fourth-order valence-electron chi connectivity index (χ4n) is 2.16. The number of alkyl halides is 2. The Morgan fingerprint density at radius 1 is 1.08 bits per heavy atom. The van der Waals surface area contributed by atoms with E-state index in [0.29, 0.717) is 22.8 Å². The van der Waals surface area contributed by atoms with Gasteiger partial charge in [-0.05, 0) is 31.2 Å². The van der Waals surface area contributed by atoms with E-state index >= 15 is 0 Å². The molecule has 0 radical (unpaired) electrons. The lowest BCUT2D eigenvalue weighted by Gasteiger charge is -2.10. The molecule has 2 rings (SSSR count). The third-order valence-electron chi connectivity index (χ3n) is 3.43. The molecular weight excluding hydrogens is 346 g/mol. The van der Waals surface area contributed by atoms with E-state index in [0.717, 1.165) is 0 Å². The number of halogens is 2. The van der Waals surface area contributed by atoms with Gasteiger partial charge in [-0.15, -0.1) is 0 Å². The molecule has 8 heteroatoms. The highest BCUT2D eigenvalue weighted by Gasteiger charge is 2.13. The number of ether oxygens (including phenoxy) is 3. The molecule has 1 N–H and O–H groups in total. The Labute approximate surface area is 149 Å². The van der Waals surface area contributed by atoms with Crippen LogP contribution in [0.1, 0.15) is 22.8 Å². The van der Waals surface area contributed by atoms with Crippen molar-refractivity contribution in [1.82, 2.24) is 5.43 Å². The van der Waals surface area contributed by atoms with Crippen LogP contribution in [0.2, 0.25) is 0 Å². The van der Waals surface area contributed by atoms with Gasteiger partial charge in [-0.2, -0.15) is 13.9 Å². The van der Waals surface area contributed by atoms with Crippen molar-refractivity contribution in [3.63, 3.8) is 0 Å². The molecule has 2 aromatic carbocycles. The molecular formula is C18H18F2N2O4. The molecule has 1 amide bonds. The average molecular weight is 364 g/mol. The van der Waals surface area contributed by atoms with E-state index in [4.69, 9.17) is 9.47 Å². The van der Waals surface area contributed by atoms with Gasteiger partial charge in [0.2, 0.25) is 0 Å². The third-order valence-corrected chi connectivity index (χ3v) is 3.43. The first-order chi connectivity index (χ1) is 12.4. The molecule has 0 aliphatic rings. The Morgan fingerprint density at radius 2 is 1.69 bits per heavy atom. The summed E-state index contributed by atoms with van der Waals surface area (Å²) in [7, 11) is 2.94. The third kappa shape index (κ3) is 4.92. The number of hydrogen-bond acceptors (Lipinski definition) is 5. The summed E-state index contributed by atoms with van der Waals surface area (Å²) in [5, 5.41) is 3.96. The Bertz CT molecular complexity index is 787. The molecule has 26 heavy (non-hydrogen) atoms. The molecule has 0 aliphatic carbocycles. The molecule has 2 aromatic rings. The van der Waals surface area contributed by atoms with Crippen LogP contribution < -0.4 is 19.6 Å². The van der Waals surface area contributed by atoms with Crippen molar-refractivity contribution in [2.45, 2.75) is 13.5 Å². The summed E-state index contributed by atoms with van der Waals surface area (Å²) in [6.07, 6.45) is 0. The number of nitrogens with one attached hydrogen (secondary N) is 1. The monoisotopic (exact) mass is 364 g/mol. The number of hydrazone groups is 1. The zero-order valence-electron chi connectivity index (χ0n) is 14.5. The molecule has 0 heterocycles. The van der Waals surface area contributed by atoms with Gasteiger partial charge in [-0.1, -0.05) is 12.1 Å². The highest BCUT2D eigenvalue weighted by molar-refractivity contribution is 6.02. The van der Waals surface area contributed by atoms with E-state index in [-0.39, 0.29) is 11.3 Å². The van der Waals surface area contributed by atoms with E-state index in [9.17, 15) is 13.6 Å². The van der Waals surface area contributed by atoms with Crippen LogP contribution in [0.25, 0.3) is 0 Å². The quantitative estimate of drug-likeness (QED) is 0.603. The minimum absolute atomic E-state index is 0.0268. The maximum Gasteiger partial charge on any atom is 0.387 e. The van der Waals surface area contributed by atoms with Crippen LogP contribution in [0.3, 0.4) is 0 Å². The lowest BCUT2D eigenvalue weighted by molar-refractivity contribution is -0.0499. The molecule has 0 fully saturated rings. The Balaban J connectivity index is 2.20. The second-order valence-electron chi connectivity index (χ2n) is 5.11. The number of methoxy groups -OCH3 is 2. The molecule has 0 aromatic heterocycles. The smallest absolute Gasteiger partial charge is 0.387 e. The predicted molar refractivity (Wildman–Crippen MR) is 92.3 cm³/mol. The largest absolute Gasteiger partial charge is 0.497 e. The van der Waals surface area contributed by atoms with Crippen molar-refractivity contribution in [2.24, 2.45) is 5.10 Å². The van der Waals surface area contributed by atoms with Gasteiger partial charge in [-0.3, -0.25) is 4.79 Å². The zero-order valence-corrected chi connectivity index (χ0v) is 14.5. The van der Waals surface area contributed by atoms with E-state index < -0.39 is 12.5 Å². The van der Waals surface area contributed by atoms with Crippen LogP contribution in [0, 0.1) is 0 Å². The summed E-state index contributed by atoms with van der Waals surface area (Å²) < 4.78 is 39.7. The molecule has 0 saturated carbocycles. The second kappa shape index (κ2) is 8.80. The van der Waals surface area contributed by atoms with Crippen molar-refractivity contribution in [3.8, 4) is 17.2 Å². The SMILES string of the molecule is COc1cc(OC)cc(C(=O)N/N=C(\C)c2ccccc2OC(F)F)c1.